The van der Waals surface area contributed by atoms with Crippen LogP contribution >= 0.6 is 0 Å². The fourth-order valence-electron chi connectivity index (χ4n) is 2.09. The van der Waals surface area contributed by atoms with E-state index in [9.17, 15) is 4.79 Å². The first-order chi connectivity index (χ1) is 9.13. The van der Waals surface area contributed by atoms with Crippen LogP contribution in [0.3, 0.4) is 0 Å². The second kappa shape index (κ2) is 4.34. The maximum absolute atomic E-state index is 11.0. The molecule has 0 bridgehead atoms. The Kier molecular flexibility index (Phi) is 2.66. The van der Waals surface area contributed by atoms with Crippen molar-refractivity contribution < 1.29 is 4.79 Å². The lowest BCUT2D eigenvalue weighted by Crippen LogP contribution is -2.48. The highest BCUT2D eigenvalue weighted by atomic mass is 16.1. The minimum Gasteiger partial charge on any atom is -0.366 e. The number of carbonyl (C=O) groups excluding carboxylic acids is 1. The molecule has 19 heavy (non-hydrogen) atoms. The van der Waals surface area contributed by atoms with Crippen LogP contribution in [0.2, 0.25) is 0 Å². The van der Waals surface area contributed by atoms with Crippen molar-refractivity contribution in [2.45, 2.75) is 13.0 Å². The van der Waals surface area contributed by atoms with Crippen molar-refractivity contribution in [3.8, 4) is 0 Å². The summed E-state index contributed by atoms with van der Waals surface area (Å²) in [5.41, 5.74) is 6.59. The van der Waals surface area contributed by atoms with Crippen LogP contribution in [0.15, 0.2) is 24.8 Å². The normalized spacial score (nSPS) is 15.3. The summed E-state index contributed by atoms with van der Waals surface area (Å²) in [4.78, 5) is 21.5. The Morgan fingerprint density at radius 3 is 2.84 bits per heavy atom. The van der Waals surface area contributed by atoms with Gasteiger partial charge in [0.1, 0.15) is 12.1 Å². The van der Waals surface area contributed by atoms with Gasteiger partial charge in [-0.05, 0) is 6.92 Å². The van der Waals surface area contributed by atoms with Crippen LogP contribution in [-0.2, 0) is 0 Å². The minimum atomic E-state index is -0.450. The van der Waals surface area contributed by atoms with Crippen LogP contribution in [0.25, 0.3) is 0 Å². The maximum atomic E-state index is 11.0. The average Bonchev–Trinajstić information content (AvgIpc) is 2.76. The first-order valence-electron chi connectivity index (χ1n) is 6.01. The molecule has 0 radical (unpaired) electrons. The molecule has 0 spiro atoms. The summed E-state index contributed by atoms with van der Waals surface area (Å²) in [6, 6.07) is 2.21. The Hall–Kier alpha value is -2.44. The van der Waals surface area contributed by atoms with Gasteiger partial charge in [0.05, 0.1) is 17.8 Å². The highest BCUT2D eigenvalue weighted by molar-refractivity contribution is 5.92. The lowest BCUT2D eigenvalue weighted by Gasteiger charge is -2.40. The fourth-order valence-corrected chi connectivity index (χ4v) is 2.09. The molecule has 7 heteroatoms. The molecule has 7 nitrogen and oxygen atoms in total. The third-order valence-corrected chi connectivity index (χ3v) is 3.24. The zero-order valence-electron chi connectivity index (χ0n) is 10.5. The molecule has 3 rings (SSSR count). The quantitative estimate of drug-likeness (QED) is 0.845. The third kappa shape index (κ3) is 2.14. The lowest BCUT2D eigenvalue weighted by atomic mass is 10.1. The second-order valence-electron chi connectivity index (χ2n) is 4.65. The van der Waals surface area contributed by atoms with Gasteiger partial charge in [0.25, 0.3) is 5.91 Å². The smallest absolute Gasteiger partial charge is 0.251 e. The van der Waals surface area contributed by atoms with Crippen molar-refractivity contribution in [3.05, 3.63) is 36.0 Å². The molecular formula is C12H14N6O. The van der Waals surface area contributed by atoms with Crippen molar-refractivity contribution in [2.24, 2.45) is 5.73 Å². The summed E-state index contributed by atoms with van der Waals surface area (Å²) < 4.78 is 1.78. The third-order valence-electron chi connectivity index (χ3n) is 3.24. The van der Waals surface area contributed by atoms with Gasteiger partial charge >= 0.3 is 0 Å². The fraction of sp³-hybridized carbons (Fsp3) is 0.333. The Morgan fingerprint density at radius 2 is 2.21 bits per heavy atom. The van der Waals surface area contributed by atoms with Crippen LogP contribution in [0.1, 0.15) is 22.1 Å². The van der Waals surface area contributed by atoms with Crippen LogP contribution in [0.4, 0.5) is 5.82 Å². The molecule has 1 amide bonds. The number of nitrogens with two attached hydrogens (primary N) is 1. The SMILES string of the molecule is Cc1cc(N2CC(n3cc(C(N)=O)cn3)C2)ncn1. The summed E-state index contributed by atoms with van der Waals surface area (Å²) >= 11 is 0. The van der Waals surface area contributed by atoms with Crippen LogP contribution in [0, 0.1) is 6.92 Å². The highest BCUT2D eigenvalue weighted by Gasteiger charge is 2.30. The number of amides is 1. The summed E-state index contributed by atoms with van der Waals surface area (Å²) in [5.74, 6) is 0.472. The number of carbonyl (C=O) groups is 1. The first kappa shape index (κ1) is 11.6. The van der Waals surface area contributed by atoms with Crippen molar-refractivity contribution in [2.75, 3.05) is 18.0 Å². The molecule has 1 saturated heterocycles. The van der Waals surface area contributed by atoms with Gasteiger partial charge in [0, 0.05) is 31.0 Å². The number of primary amides is 1. The van der Waals surface area contributed by atoms with E-state index < -0.39 is 5.91 Å². The van der Waals surface area contributed by atoms with Gasteiger partial charge in [0.2, 0.25) is 0 Å². The van der Waals surface area contributed by atoms with Gasteiger partial charge in [-0.25, -0.2) is 9.97 Å². The number of hydrogen-bond acceptors (Lipinski definition) is 5. The van der Waals surface area contributed by atoms with Crippen molar-refractivity contribution >= 4 is 11.7 Å². The predicted molar refractivity (Wildman–Crippen MR) is 68.8 cm³/mol. The Morgan fingerprint density at radius 1 is 1.42 bits per heavy atom. The van der Waals surface area contributed by atoms with E-state index >= 15 is 0 Å². The predicted octanol–water partition coefficient (Wildman–Crippen LogP) is 0.142. The zero-order valence-corrected chi connectivity index (χ0v) is 10.5. The number of nitrogens with zero attached hydrogens (tertiary/aromatic N) is 5. The van der Waals surface area contributed by atoms with Gasteiger partial charge in [-0.3, -0.25) is 9.48 Å². The van der Waals surface area contributed by atoms with Gasteiger partial charge in [0.15, 0.2) is 0 Å². The highest BCUT2D eigenvalue weighted by Crippen LogP contribution is 2.25. The van der Waals surface area contributed by atoms with E-state index in [4.69, 9.17) is 5.73 Å². The monoisotopic (exact) mass is 258 g/mol. The number of hydrogen-bond donors (Lipinski definition) is 1. The van der Waals surface area contributed by atoms with E-state index in [1.165, 1.54) is 6.20 Å². The van der Waals surface area contributed by atoms with Crippen LogP contribution in [0.5, 0.6) is 0 Å². The molecule has 1 aliphatic heterocycles. The summed E-state index contributed by atoms with van der Waals surface area (Å²) in [7, 11) is 0. The maximum Gasteiger partial charge on any atom is 0.251 e. The molecule has 2 aromatic heterocycles. The minimum absolute atomic E-state index is 0.253. The number of aromatic nitrogens is 4. The van der Waals surface area contributed by atoms with Crippen molar-refractivity contribution in [1.29, 1.82) is 0 Å². The van der Waals surface area contributed by atoms with Gasteiger partial charge < -0.3 is 10.6 Å². The Balaban J connectivity index is 1.67. The zero-order chi connectivity index (χ0) is 13.4. The van der Waals surface area contributed by atoms with Gasteiger partial charge in [-0.15, -0.1) is 0 Å². The molecule has 0 aromatic carbocycles. The topological polar surface area (TPSA) is 89.9 Å². The molecule has 98 valence electrons. The molecule has 2 aromatic rings. The molecule has 3 heterocycles. The Bertz CT molecular complexity index is 616. The molecule has 2 N–H and O–H groups in total. The molecule has 1 aliphatic rings. The van der Waals surface area contributed by atoms with Gasteiger partial charge in [-0.1, -0.05) is 0 Å². The van der Waals surface area contributed by atoms with E-state index in [1.807, 2.05) is 13.0 Å². The number of anilines is 1. The second-order valence-corrected chi connectivity index (χ2v) is 4.65. The van der Waals surface area contributed by atoms with E-state index in [0.29, 0.717) is 5.56 Å². The molecule has 0 saturated carbocycles. The molecular weight excluding hydrogens is 244 g/mol. The van der Waals surface area contributed by atoms with Crippen LogP contribution < -0.4 is 10.6 Å². The molecule has 0 atom stereocenters. The van der Waals surface area contributed by atoms with Gasteiger partial charge in [-0.2, -0.15) is 5.10 Å². The lowest BCUT2D eigenvalue weighted by molar-refractivity contribution is 0.1000. The summed E-state index contributed by atoms with van der Waals surface area (Å²) in [5, 5.41) is 4.16. The average molecular weight is 258 g/mol. The molecule has 1 fully saturated rings. The van der Waals surface area contributed by atoms with E-state index in [0.717, 1.165) is 24.6 Å². The molecule has 0 aliphatic carbocycles. The van der Waals surface area contributed by atoms with Crippen molar-refractivity contribution in [3.63, 3.8) is 0 Å². The van der Waals surface area contributed by atoms with E-state index in [1.54, 1.807) is 17.2 Å². The summed E-state index contributed by atoms with van der Waals surface area (Å²) in [6.45, 7) is 3.57. The molecule has 0 unspecified atom stereocenters. The Labute approximate surface area is 110 Å². The van der Waals surface area contributed by atoms with Crippen LogP contribution in [-0.4, -0.2) is 38.7 Å². The summed E-state index contributed by atoms with van der Waals surface area (Å²) in [6.07, 6.45) is 4.76. The van der Waals surface area contributed by atoms with Crippen molar-refractivity contribution in [1.82, 2.24) is 19.7 Å². The number of aryl methyl sites for hydroxylation is 1. The standard InChI is InChI=1S/C12H14N6O/c1-8-2-11(15-7-14-8)17-5-10(6-17)18-4-9(3-16-18)12(13)19/h2-4,7,10H,5-6H2,1H3,(H2,13,19). The first-order valence-corrected chi connectivity index (χ1v) is 6.01. The largest absolute Gasteiger partial charge is 0.366 e. The van der Waals surface area contributed by atoms with E-state index in [-0.39, 0.29) is 6.04 Å². The van der Waals surface area contributed by atoms with E-state index in [2.05, 4.69) is 20.0 Å². The number of rotatable bonds is 3.